The van der Waals surface area contributed by atoms with Crippen LogP contribution in [0.15, 0.2) is 24.3 Å². The van der Waals surface area contributed by atoms with E-state index in [-0.39, 0.29) is 12.3 Å². The third-order valence-corrected chi connectivity index (χ3v) is 3.29. The molecule has 116 valence electrons. The largest absolute Gasteiger partial charge is 0.496 e. The van der Waals surface area contributed by atoms with Crippen molar-refractivity contribution in [3.05, 3.63) is 29.8 Å². The van der Waals surface area contributed by atoms with Crippen LogP contribution < -0.4 is 10.1 Å². The lowest BCUT2D eigenvalue weighted by Crippen LogP contribution is -2.39. The van der Waals surface area contributed by atoms with Gasteiger partial charge in [-0.2, -0.15) is 0 Å². The first-order chi connectivity index (χ1) is 9.86. The fraction of sp³-hybridized carbons (Fsp3) is 0.500. The molecule has 1 amide bonds. The third kappa shape index (κ3) is 5.45. The number of nitrogens with one attached hydrogen (secondary N) is 1. The molecule has 0 fully saturated rings. The Hall–Kier alpha value is -2.04. The standard InChI is InChI=1S/C16H23NO4/c1-16(2,15(20)17-10-6-9-14(18)19)11-12-7-4-5-8-13(12)21-3/h4-5,7-8H,6,9-11H2,1-3H3,(H,17,20)(H,18,19). The number of para-hydroxylation sites is 1. The van der Waals surface area contributed by atoms with Crippen molar-refractivity contribution >= 4 is 11.9 Å². The summed E-state index contributed by atoms with van der Waals surface area (Å²) >= 11 is 0. The molecule has 0 atom stereocenters. The fourth-order valence-electron chi connectivity index (χ4n) is 2.09. The maximum absolute atomic E-state index is 12.2. The van der Waals surface area contributed by atoms with Crippen LogP contribution in [-0.2, 0) is 16.0 Å². The SMILES string of the molecule is COc1ccccc1CC(C)(C)C(=O)NCCCC(=O)O. The van der Waals surface area contributed by atoms with E-state index in [9.17, 15) is 9.59 Å². The number of amides is 1. The van der Waals surface area contributed by atoms with Gasteiger partial charge in [0.15, 0.2) is 0 Å². The van der Waals surface area contributed by atoms with Crippen molar-refractivity contribution in [2.75, 3.05) is 13.7 Å². The molecule has 0 unspecified atom stereocenters. The molecule has 0 aliphatic rings. The molecule has 21 heavy (non-hydrogen) atoms. The van der Waals surface area contributed by atoms with Gasteiger partial charge in [-0.3, -0.25) is 9.59 Å². The molecule has 5 heteroatoms. The van der Waals surface area contributed by atoms with Crippen molar-refractivity contribution < 1.29 is 19.4 Å². The molecule has 0 heterocycles. The number of carboxylic acid groups (broad SMARTS) is 1. The van der Waals surface area contributed by atoms with E-state index in [0.29, 0.717) is 19.4 Å². The molecular weight excluding hydrogens is 270 g/mol. The molecule has 1 aromatic rings. The lowest BCUT2D eigenvalue weighted by atomic mass is 9.84. The Morgan fingerprint density at radius 3 is 2.57 bits per heavy atom. The first-order valence-electron chi connectivity index (χ1n) is 6.99. The van der Waals surface area contributed by atoms with Gasteiger partial charge in [0.25, 0.3) is 0 Å². The summed E-state index contributed by atoms with van der Waals surface area (Å²) in [5, 5.41) is 11.4. The fourth-order valence-corrected chi connectivity index (χ4v) is 2.09. The van der Waals surface area contributed by atoms with Crippen molar-refractivity contribution in [1.82, 2.24) is 5.32 Å². The van der Waals surface area contributed by atoms with Crippen LogP contribution >= 0.6 is 0 Å². The minimum Gasteiger partial charge on any atom is -0.496 e. The smallest absolute Gasteiger partial charge is 0.303 e. The molecule has 0 aliphatic heterocycles. The molecule has 0 aromatic heterocycles. The number of aliphatic carboxylic acids is 1. The zero-order valence-electron chi connectivity index (χ0n) is 12.8. The monoisotopic (exact) mass is 293 g/mol. The van der Waals surface area contributed by atoms with Crippen molar-refractivity contribution in [3.8, 4) is 5.75 Å². The average molecular weight is 293 g/mol. The van der Waals surface area contributed by atoms with E-state index in [2.05, 4.69) is 5.32 Å². The Morgan fingerprint density at radius 1 is 1.29 bits per heavy atom. The molecule has 0 bridgehead atoms. The average Bonchev–Trinajstić information content (AvgIpc) is 2.43. The highest BCUT2D eigenvalue weighted by molar-refractivity contribution is 5.82. The number of ether oxygens (including phenoxy) is 1. The van der Waals surface area contributed by atoms with Crippen molar-refractivity contribution in [3.63, 3.8) is 0 Å². The van der Waals surface area contributed by atoms with Crippen LogP contribution in [0.5, 0.6) is 5.75 Å². The summed E-state index contributed by atoms with van der Waals surface area (Å²) < 4.78 is 5.30. The number of hydrogen-bond donors (Lipinski definition) is 2. The highest BCUT2D eigenvalue weighted by atomic mass is 16.5. The quantitative estimate of drug-likeness (QED) is 0.721. The Bertz CT molecular complexity index is 497. The number of methoxy groups -OCH3 is 1. The number of rotatable bonds is 8. The Balaban J connectivity index is 2.59. The number of benzene rings is 1. The zero-order valence-corrected chi connectivity index (χ0v) is 12.8. The molecule has 2 N–H and O–H groups in total. The highest BCUT2D eigenvalue weighted by Gasteiger charge is 2.28. The molecule has 0 saturated heterocycles. The second-order valence-corrected chi connectivity index (χ2v) is 5.63. The van der Waals surface area contributed by atoms with Crippen LogP contribution in [0.2, 0.25) is 0 Å². The minimum absolute atomic E-state index is 0.0627. The third-order valence-electron chi connectivity index (χ3n) is 3.29. The second kappa shape index (κ2) is 7.67. The van der Waals surface area contributed by atoms with Gasteiger partial charge in [0.2, 0.25) is 5.91 Å². The van der Waals surface area contributed by atoms with Gasteiger partial charge >= 0.3 is 5.97 Å². The second-order valence-electron chi connectivity index (χ2n) is 5.63. The molecule has 1 rings (SSSR count). The van der Waals surface area contributed by atoms with E-state index in [1.54, 1.807) is 7.11 Å². The van der Waals surface area contributed by atoms with Crippen molar-refractivity contribution in [2.45, 2.75) is 33.1 Å². The van der Waals surface area contributed by atoms with E-state index in [1.807, 2.05) is 38.1 Å². The van der Waals surface area contributed by atoms with Gasteiger partial charge in [-0.1, -0.05) is 32.0 Å². The number of carbonyl (C=O) groups is 2. The van der Waals surface area contributed by atoms with Gasteiger partial charge in [-0.05, 0) is 24.5 Å². The van der Waals surface area contributed by atoms with E-state index < -0.39 is 11.4 Å². The Labute approximate surface area is 125 Å². The summed E-state index contributed by atoms with van der Waals surface area (Å²) in [6.07, 6.45) is 1.06. The lowest BCUT2D eigenvalue weighted by molar-refractivity contribution is -0.137. The van der Waals surface area contributed by atoms with Crippen LogP contribution in [0.3, 0.4) is 0 Å². The first-order valence-corrected chi connectivity index (χ1v) is 6.99. The van der Waals surface area contributed by atoms with Crippen LogP contribution in [0.1, 0.15) is 32.3 Å². The summed E-state index contributed by atoms with van der Waals surface area (Å²) in [6, 6.07) is 7.62. The van der Waals surface area contributed by atoms with Crippen LogP contribution in [0, 0.1) is 5.41 Å². The predicted molar refractivity (Wildman–Crippen MR) is 80.4 cm³/mol. The molecule has 0 spiro atoms. The Kier molecular flexibility index (Phi) is 6.21. The minimum atomic E-state index is -0.850. The van der Waals surface area contributed by atoms with Crippen molar-refractivity contribution in [2.24, 2.45) is 5.41 Å². The first kappa shape index (κ1) is 17.0. The topological polar surface area (TPSA) is 75.6 Å². The molecule has 0 aliphatic carbocycles. The van der Waals surface area contributed by atoms with Gasteiger partial charge in [0, 0.05) is 18.4 Å². The van der Waals surface area contributed by atoms with E-state index in [0.717, 1.165) is 11.3 Å². The number of carboxylic acids is 1. The maximum atomic E-state index is 12.2. The van der Waals surface area contributed by atoms with Gasteiger partial charge in [0.1, 0.15) is 5.75 Å². The maximum Gasteiger partial charge on any atom is 0.303 e. The zero-order chi connectivity index (χ0) is 15.9. The normalized spacial score (nSPS) is 11.0. The summed E-state index contributed by atoms with van der Waals surface area (Å²) in [4.78, 5) is 22.6. The highest BCUT2D eigenvalue weighted by Crippen LogP contribution is 2.27. The van der Waals surface area contributed by atoms with E-state index in [1.165, 1.54) is 0 Å². The lowest BCUT2D eigenvalue weighted by Gasteiger charge is -2.24. The summed E-state index contributed by atoms with van der Waals surface area (Å²) in [5.74, 6) is -0.166. The molecule has 1 aromatic carbocycles. The predicted octanol–water partition coefficient (Wildman–Crippen LogP) is 2.24. The summed E-state index contributed by atoms with van der Waals surface area (Å²) in [7, 11) is 1.61. The van der Waals surface area contributed by atoms with Gasteiger partial charge in [-0.25, -0.2) is 0 Å². The van der Waals surface area contributed by atoms with Crippen LogP contribution in [-0.4, -0.2) is 30.6 Å². The number of hydrogen-bond acceptors (Lipinski definition) is 3. The van der Waals surface area contributed by atoms with E-state index in [4.69, 9.17) is 9.84 Å². The van der Waals surface area contributed by atoms with Gasteiger partial charge in [0.05, 0.1) is 7.11 Å². The van der Waals surface area contributed by atoms with Gasteiger partial charge in [-0.15, -0.1) is 0 Å². The van der Waals surface area contributed by atoms with Crippen LogP contribution in [0.25, 0.3) is 0 Å². The van der Waals surface area contributed by atoms with Crippen molar-refractivity contribution in [1.29, 1.82) is 0 Å². The van der Waals surface area contributed by atoms with Crippen LogP contribution in [0.4, 0.5) is 0 Å². The summed E-state index contributed by atoms with van der Waals surface area (Å²) in [6.45, 7) is 4.11. The molecular formula is C16H23NO4. The molecule has 5 nitrogen and oxygen atoms in total. The van der Waals surface area contributed by atoms with Gasteiger partial charge < -0.3 is 15.2 Å². The Morgan fingerprint density at radius 2 is 1.95 bits per heavy atom. The molecule has 0 saturated carbocycles. The molecule has 0 radical (unpaired) electrons. The number of carbonyl (C=O) groups excluding carboxylic acids is 1. The summed E-state index contributed by atoms with van der Waals surface area (Å²) in [5.41, 5.74) is 0.392. The van der Waals surface area contributed by atoms with E-state index >= 15 is 0 Å².